The molecule has 0 unspecified atom stereocenters. The number of nitrogens with one attached hydrogen (secondary N) is 1. The Morgan fingerprint density at radius 2 is 1.72 bits per heavy atom. The van der Waals surface area contributed by atoms with Crippen LogP contribution in [0.4, 0.5) is 5.69 Å². The topological polar surface area (TPSA) is 138 Å². The highest BCUT2D eigenvalue weighted by Crippen LogP contribution is 2.40. The number of imide groups is 1. The third-order valence-electron chi connectivity index (χ3n) is 4.23. The summed E-state index contributed by atoms with van der Waals surface area (Å²) >= 11 is 5.99. The number of rotatable bonds is 3. The Balaban J connectivity index is 1.90. The van der Waals surface area contributed by atoms with Crippen molar-refractivity contribution in [2.45, 2.75) is 17.7 Å². The van der Waals surface area contributed by atoms with Crippen LogP contribution < -0.4 is 20.8 Å². The lowest BCUT2D eigenvalue weighted by Gasteiger charge is -2.17. The van der Waals surface area contributed by atoms with Gasteiger partial charge in [0.05, 0.1) is 17.5 Å². The van der Waals surface area contributed by atoms with Crippen molar-refractivity contribution in [3.63, 3.8) is 0 Å². The number of hydrogen-bond acceptors (Lipinski definition) is 4. The molecule has 0 saturated carbocycles. The van der Waals surface area contributed by atoms with Gasteiger partial charge in [-0.2, -0.15) is 12.8 Å². The number of hydrogen-bond donors (Lipinski definition) is 3. The fourth-order valence-corrected chi connectivity index (χ4v) is 4.25. The molecule has 132 valence electrons. The number of carbonyl (C=O) groups is 2. The second-order valence-corrected chi connectivity index (χ2v) is 8.04. The number of allylic oxidation sites excluding steroid dienone is 2. The minimum atomic E-state index is -3.91. The standard InChI is InChI=1S/C15H15ClN4O4S/c16-8-1-6-11-12(7-8)14(22)20(13(11)21)9-2-4-10(5-3-9)25(23,24)19-15(17)18/h1-5,11-12H,6-7H2,(H4,17,18,19)/p+1/t11-,12+/m1/s1. The van der Waals surface area contributed by atoms with Crippen molar-refractivity contribution in [3.8, 4) is 0 Å². The monoisotopic (exact) mass is 383 g/mol. The minimum Gasteiger partial charge on any atom is -0.290 e. The van der Waals surface area contributed by atoms with Crippen LogP contribution in [0.2, 0.25) is 0 Å². The Hall–Kier alpha value is -2.39. The van der Waals surface area contributed by atoms with Gasteiger partial charge in [0.25, 0.3) is 0 Å². The number of fused-ring (bicyclic) bond motifs is 1. The third kappa shape index (κ3) is 3.12. The first kappa shape index (κ1) is 17.4. The van der Waals surface area contributed by atoms with Gasteiger partial charge in [-0.05, 0) is 37.1 Å². The average molecular weight is 384 g/mol. The van der Waals surface area contributed by atoms with Crippen molar-refractivity contribution in [3.05, 3.63) is 35.4 Å². The van der Waals surface area contributed by atoms with Gasteiger partial charge in [0.1, 0.15) is 4.90 Å². The second kappa shape index (κ2) is 6.16. The van der Waals surface area contributed by atoms with Gasteiger partial charge in [-0.15, -0.1) is 0 Å². The van der Waals surface area contributed by atoms with Crippen LogP contribution in [-0.2, 0) is 19.6 Å². The Labute approximate surface area is 149 Å². The van der Waals surface area contributed by atoms with Crippen molar-refractivity contribution >= 4 is 45.1 Å². The molecule has 1 fully saturated rings. The van der Waals surface area contributed by atoms with E-state index in [1.165, 1.54) is 24.3 Å². The van der Waals surface area contributed by atoms with Gasteiger partial charge in [-0.25, -0.2) is 0 Å². The van der Waals surface area contributed by atoms with Crippen molar-refractivity contribution in [1.82, 2.24) is 0 Å². The van der Waals surface area contributed by atoms with Crippen molar-refractivity contribution in [2.75, 3.05) is 4.90 Å². The molecule has 10 heteroatoms. The van der Waals surface area contributed by atoms with Crippen LogP contribution in [0.5, 0.6) is 0 Å². The Kier molecular flexibility index (Phi) is 4.29. The lowest BCUT2D eigenvalue weighted by atomic mass is 9.85. The molecule has 0 spiro atoms. The number of halogens is 1. The highest BCUT2D eigenvalue weighted by Gasteiger charge is 2.48. The number of benzene rings is 1. The molecule has 1 aromatic carbocycles. The summed E-state index contributed by atoms with van der Waals surface area (Å²) in [4.78, 5) is 26.1. The van der Waals surface area contributed by atoms with E-state index in [2.05, 4.69) is 0 Å². The molecule has 1 aliphatic carbocycles. The normalized spacial score (nSPS) is 23.2. The van der Waals surface area contributed by atoms with Gasteiger partial charge in [0, 0.05) is 5.03 Å². The highest BCUT2D eigenvalue weighted by molar-refractivity contribution is 7.84. The van der Waals surface area contributed by atoms with Crippen LogP contribution in [0.15, 0.2) is 40.3 Å². The number of anilines is 1. The molecule has 8 nitrogen and oxygen atoms in total. The highest BCUT2D eigenvalue weighted by atomic mass is 35.5. The quantitative estimate of drug-likeness (QED) is 0.339. The molecule has 3 rings (SSSR count). The largest absolute Gasteiger partial charge is 0.353 e. The van der Waals surface area contributed by atoms with Crippen LogP contribution in [-0.4, -0.2) is 26.2 Å². The molecule has 1 aliphatic heterocycles. The maximum absolute atomic E-state index is 12.6. The zero-order valence-electron chi connectivity index (χ0n) is 13.0. The third-order valence-corrected chi connectivity index (χ3v) is 5.93. The average Bonchev–Trinajstić information content (AvgIpc) is 2.77. The Morgan fingerprint density at radius 3 is 2.32 bits per heavy atom. The van der Waals surface area contributed by atoms with Gasteiger partial charge in [0.2, 0.25) is 11.8 Å². The van der Waals surface area contributed by atoms with E-state index in [0.29, 0.717) is 23.6 Å². The van der Waals surface area contributed by atoms with Crippen LogP contribution in [0.25, 0.3) is 0 Å². The molecule has 0 aromatic heterocycles. The SMILES string of the molecule is NC(N)=[NH+]S(=O)(=O)c1ccc(N2C(=O)[C@H]3CC(Cl)=CC[C@H]3C2=O)cc1. The molecule has 0 radical (unpaired) electrons. The summed E-state index contributed by atoms with van der Waals surface area (Å²) in [6, 6.07) is 5.33. The van der Waals surface area contributed by atoms with E-state index in [1.807, 2.05) is 4.40 Å². The van der Waals surface area contributed by atoms with E-state index in [0.717, 1.165) is 4.90 Å². The predicted molar refractivity (Wildman–Crippen MR) is 90.6 cm³/mol. The smallest absolute Gasteiger partial charge is 0.290 e. The summed E-state index contributed by atoms with van der Waals surface area (Å²) in [6.45, 7) is 0. The van der Waals surface area contributed by atoms with Gasteiger partial charge in [-0.3, -0.25) is 26.0 Å². The van der Waals surface area contributed by atoms with E-state index in [9.17, 15) is 18.0 Å². The number of amides is 2. The van der Waals surface area contributed by atoms with E-state index < -0.39 is 27.8 Å². The molecule has 25 heavy (non-hydrogen) atoms. The summed E-state index contributed by atoms with van der Waals surface area (Å²) in [6.07, 6.45) is 2.52. The zero-order valence-corrected chi connectivity index (χ0v) is 14.5. The lowest BCUT2D eigenvalue weighted by Crippen LogP contribution is -2.80. The first-order valence-corrected chi connectivity index (χ1v) is 9.30. The maximum atomic E-state index is 12.6. The number of nitrogens with zero attached hydrogens (tertiary/aromatic N) is 1. The molecule has 2 atom stereocenters. The molecule has 2 amide bonds. The van der Waals surface area contributed by atoms with Gasteiger partial charge >= 0.3 is 16.0 Å². The summed E-state index contributed by atoms with van der Waals surface area (Å²) < 4.78 is 25.9. The fourth-order valence-electron chi connectivity index (χ4n) is 3.07. The summed E-state index contributed by atoms with van der Waals surface area (Å²) in [5, 5.41) is 0.576. The van der Waals surface area contributed by atoms with Gasteiger partial charge in [0.15, 0.2) is 0 Å². The minimum absolute atomic E-state index is 0.0918. The second-order valence-electron chi connectivity index (χ2n) is 5.87. The van der Waals surface area contributed by atoms with Gasteiger partial charge in [-0.1, -0.05) is 17.7 Å². The van der Waals surface area contributed by atoms with E-state index in [-0.39, 0.29) is 16.7 Å². The number of nitrogens with two attached hydrogens (primary N) is 2. The molecule has 0 bridgehead atoms. The predicted octanol–water partition coefficient (Wildman–Crippen LogP) is -1.25. The van der Waals surface area contributed by atoms with Crippen LogP contribution >= 0.6 is 11.6 Å². The van der Waals surface area contributed by atoms with Crippen molar-refractivity contribution < 1.29 is 22.4 Å². The van der Waals surface area contributed by atoms with Crippen LogP contribution in [0.1, 0.15) is 12.8 Å². The molecule has 5 N–H and O–H groups in total. The fraction of sp³-hybridized carbons (Fsp3) is 0.267. The van der Waals surface area contributed by atoms with Crippen molar-refractivity contribution in [2.24, 2.45) is 23.3 Å². The maximum Gasteiger partial charge on any atom is 0.353 e. The summed E-state index contributed by atoms with van der Waals surface area (Å²) in [7, 11) is -3.91. The van der Waals surface area contributed by atoms with E-state index in [4.69, 9.17) is 23.1 Å². The van der Waals surface area contributed by atoms with Gasteiger partial charge < -0.3 is 0 Å². The molecular formula is C15H16ClN4O4S+. The first-order valence-electron chi connectivity index (χ1n) is 7.44. The molecule has 1 heterocycles. The number of carbonyl (C=O) groups excluding carboxylic acids is 2. The number of guanidine groups is 1. The summed E-state index contributed by atoms with van der Waals surface area (Å²) in [5.74, 6) is -1.98. The summed E-state index contributed by atoms with van der Waals surface area (Å²) in [5.41, 5.74) is 10.6. The first-order chi connectivity index (χ1) is 11.7. The Bertz CT molecular complexity index is 904. The Morgan fingerprint density at radius 1 is 1.12 bits per heavy atom. The van der Waals surface area contributed by atoms with E-state index >= 15 is 0 Å². The van der Waals surface area contributed by atoms with Crippen LogP contribution in [0.3, 0.4) is 0 Å². The molecule has 2 aliphatic rings. The van der Waals surface area contributed by atoms with Crippen molar-refractivity contribution in [1.29, 1.82) is 0 Å². The number of sulfonamides is 1. The van der Waals surface area contributed by atoms with Crippen LogP contribution in [0, 0.1) is 11.8 Å². The zero-order chi connectivity index (χ0) is 18.4. The lowest BCUT2D eigenvalue weighted by molar-refractivity contribution is -0.270. The van der Waals surface area contributed by atoms with E-state index in [1.54, 1.807) is 6.08 Å². The molecule has 1 aromatic rings. The molecule has 1 saturated heterocycles. The molecular weight excluding hydrogens is 368 g/mol.